The fourth-order valence-electron chi connectivity index (χ4n) is 0.935. The Labute approximate surface area is 96.2 Å². The normalized spacial score (nSPS) is 17.6. The Morgan fingerprint density at radius 3 is 0.733 bits per heavy atom. The maximum atomic E-state index is 10.1. The third-order valence-corrected chi connectivity index (χ3v) is 1.33. The van der Waals surface area contributed by atoms with Crippen molar-refractivity contribution in [3.05, 3.63) is 0 Å². The molecule has 0 spiro atoms. The third-order valence-electron chi connectivity index (χ3n) is 1.33. The summed E-state index contributed by atoms with van der Waals surface area (Å²) in [5, 5.41) is 40.6. The van der Waals surface area contributed by atoms with Crippen LogP contribution < -0.4 is 20.4 Å². The van der Waals surface area contributed by atoms with Crippen LogP contribution in [0.2, 0.25) is 0 Å². The van der Waals surface area contributed by atoms with Crippen LogP contribution in [0.3, 0.4) is 0 Å². The molecule has 0 bridgehead atoms. The third kappa shape index (κ3) is 31.5. The molecule has 0 aliphatic heterocycles. The van der Waals surface area contributed by atoms with Crippen molar-refractivity contribution in [1.29, 1.82) is 0 Å². The average molecular weight is 213 g/mol. The second-order valence-electron chi connectivity index (χ2n) is 3.71. The van der Waals surface area contributed by atoms with Crippen molar-refractivity contribution >= 4 is 10.1 Å². The maximum absolute atomic E-state index is 10.1. The molecule has 4 nitrogen and oxygen atoms in total. The van der Waals surface area contributed by atoms with Gasteiger partial charge in [0.2, 0.25) is 0 Å². The van der Waals surface area contributed by atoms with E-state index in [1.165, 1.54) is 27.7 Å². The van der Waals surface area contributed by atoms with E-state index in [9.17, 15) is 20.4 Å². The van der Waals surface area contributed by atoms with E-state index >= 15 is 0 Å². The molecule has 0 N–H and O–H groups in total. The van der Waals surface area contributed by atoms with Crippen LogP contribution in [-0.2, 0) is 0 Å². The number of hydrogen-bond acceptors (Lipinski definition) is 4. The van der Waals surface area contributed by atoms with E-state index in [4.69, 9.17) is 0 Å². The molecule has 5 heteroatoms. The fourth-order valence-corrected chi connectivity index (χ4v) is 0.935. The molecule has 0 aromatic heterocycles. The summed E-state index contributed by atoms with van der Waals surface area (Å²) >= 11 is 0. The monoisotopic (exact) mass is 213 g/mol. The van der Waals surface area contributed by atoms with Gasteiger partial charge in [0.05, 0.1) is 0 Å². The van der Waals surface area contributed by atoms with Gasteiger partial charge in [-0.2, -0.15) is 0 Å². The Balaban J connectivity index is -0.000000180. The van der Waals surface area contributed by atoms with E-state index < -0.39 is 24.4 Å². The average Bonchev–Trinajstić information content (AvgIpc) is 1.79. The molecule has 4 atom stereocenters. The van der Waals surface area contributed by atoms with Crippen LogP contribution in [-0.4, -0.2) is 34.5 Å². The second-order valence-corrected chi connectivity index (χ2v) is 3.71. The van der Waals surface area contributed by atoms with Crippen LogP contribution in [0.5, 0.6) is 0 Å². The minimum atomic E-state index is -0.688. The molecule has 0 rings (SSSR count). The van der Waals surface area contributed by atoms with E-state index in [0.29, 0.717) is 0 Å². The molecule has 15 heavy (non-hydrogen) atoms. The second kappa shape index (κ2) is 12.1. The summed E-state index contributed by atoms with van der Waals surface area (Å²) in [6.07, 6.45) is -2.25. The van der Waals surface area contributed by atoms with Gasteiger partial charge in [0.15, 0.2) is 0 Å². The van der Waals surface area contributed by atoms with Crippen LogP contribution >= 0.6 is 0 Å². The van der Waals surface area contributed by atoms with Crippen molar-refractivity contribution in [3.63, 3.8) is 0 Å². The Kier molecular flexibility index (Phi) is 16.4. The predicted molar refractivity (Wildman–Crippen MR) is 52.8 cm³/mol. The quantitative estimate of drug-likeness (QED) is 0.477. The molecule has 0 aliphatic carbocycles. The van der Waals surface area contributed by atoms with Crippen molar-refractivity contribution in [3.8, 4) is 0 Å². The van der Waals surface area contributed by atoms with Gasteiger partial charge < -0.3 is 20.4 Å². The fraction of sp³-hybridized carbons (Fsp3) is 1.00. The van der Waals surface area contributed by atoms with Crippen LogP contribution in [0.1, 0.15) is 40.5 Å². The van der Waals surface area contributed by atoms with Crippen molar-refractivity contribution in [1.82, 2.24) is 0 Å². The minimum Gasteiger partial charge on any atom is -0.852 e. The van der Waals surface area contributed by atoms with Gasteiger partial charge >= 0.3 is 10.1 Å². The van der Waals surface area contributed by atoms with Gasteiger partial charge in [-0.1, -0.05) is 40.5 Å². The zero-order chi connectivity index (χ0) is 11.7. The molecule has 0 amide bonds. The smallest absolute Gasteiger partial charge is 0.852 e. The standard InChI is InChI=1S/2C5H10O2.Be/c2*1-4(6)3-5(2)7;/h2*4-5H,3H2,1-2H3;/q2*-2;+2. The van der Waals surface area contributed by atoms with Crippen molar-refractivity contribution in [2.24, 2.45) is 0 Å². The van der Waals surface area contributed by atoms with Crippen LogP contribution in [0.25, 0.3) is 0 Å². The van der Waals surface area contributed by atoms with E-state index in [0.717, 1.165) is 0 Å². The Morgan fingerprint density at radius 1 is 0.600 bits per heavy atom. The van der Waals surface area contributed by atoms with Crippen molar-refractivity contribution in [2.45, 2.75) is 65.0 Å². The summed E-state index contributed by atoms with van der Waals surface area (Å²) in [5.41, 5.74) is 0. The Hall–Kier alpha value is 0.00883. The first-order valence-electron chi connectivity index (χ1n) is 4.89. The molecule has 0 fully saturated rings. The first-order chi connectivity index (χ1) is 6.25. The first-order valence-corrected chi connectivity index (χ1v) is 4.89. The number of rotatable bonds is 4. The molecule has 0 aromatic carbocycles. The SMILES string of the molecule is CC([O-])CC(C)[O-].CC([O-])CC(C)[O-].[Be+2]. The molecule has 88 valence electrons. The first kappa shape index (κ1) is 20.4. The zero-order valence-electron chi connectivity index (χ0n) is 10.1. The predicted octanol–water partition coefficient (Wildman–Crippen LogP) is -2.63. The van der Waals surface area contributed by atoms with Crippen molar-refractivity contribution in [2.75, 3.05) is 0 Å². The van der Waals surface area contributed by atoms with E-state index in [1.54, 1.807) is 0 Å². The summed E-state index contributed by atoms with van der Waals surface area (Å²) in [6.45, 7) is 6.03. The molecule has 4 unspecified atom stereocenters. The van der Waals surface area contributed by atoms with Crippen LogP contribution in [0.15, 0.2) is 0 Å². The Morgan fingerprint density at radius 2 is 0.733 bits per heavy atom. The van der Waals surface area contributed by atoms with Gasteiger partial charge in [0, 0.05) is 0 Å². The number of hydrogen-bond donors (Lipinski definition) is 0. The molecular weight excluding hydrogens is 193 g/mol. The molecule has 0 heterocycles. The van der Waals surface area contributed by atoms with E-state index in [-0.39, 0.29) is 23.0 Å². The Bertz CT molecular complexity index is 90.0. The van der Waals surface area contributed by atoms with Crippen LogP contribution in [0.4, 0.5) is 0 Å². The summed E-state index contributed by atoms with van der Waals surface area (Å²) in [4.78, 5) is 0. The largest absolute Gasteiger partial charge is 2.00 e. The molecule has 0 aliphatic rings. The van der Waals surface area contributed by atoms with Gasteiger partial charge in [-0.3, -0.25) is 0 Å². The molecule has 0 saturated carbocycles. The molecular formula is C10H20BeO4-2. The molecule has 0 saturated heterocycles. The van der Waals surface area contributed by atoms with Gasteiger partial charge in [0.1, 0.15) is 0 Å². The summed E-state index contributed by atoms with van der Waals surface area (Å²) in [7, 11) is 0. The summed E-state index contributed by atoms with van der Waals surface area (Å²) < 4.78 is 0. The molecule has 0 aromatic rings. The van der Waals surface area contributed by atoms with Gasteiger partial charge in [-0.25, -0.2) is 0 Å². The zero-order valence-corrected chi connectivity index (χ0v) is 10.1. The van der Waals surface area contributed by atoms with Gasteiger partial charge in [0.25, 0.3) is 0 Å². The summed E-state index contributed by atoms with van der Waals surface area (Å²) in [6, 6.07) is 0. The van der Waals surface area contributed by atoms with Gasteiger partial charge in [-0.15, -0.1) is 24.4 Å². The van der Waals surface area contributed by atoms with Crippen LogP contribution in [0, 0.1) is 0 Å². The molecule has 0 radical (unpaired) electrons. The summed E-state index contributed by atoms with van der Waals surface area (Å²) in [5.74, 6) is 0. The van der Waals surface area contributed by atoms with Crippen molar-refractivity contribution < 1.29 is 20.4 Å². The topological polar surface area (TPSA) is 92.2 Å². The van der Waals surface area contributed by atoms with E-state index in [1.807, 2.05) is 0 Å². The van der Waals surface area contributed by atoms with Gasteiger partial charge in [-0.05, 0) is 0 Å². The van der Waals surface area contributed by atoms with E-state index in [2.05, 4.69) is 0 Å². The maximum Gasteiger partial charge on any atom is 2.00 e. The minimum absolute atomic E-state index is 0.